The maximum atomic E-state index is 9.91. The van der Waals surface area contributed by atoms with Gasteiger partial charge in [0.05, 0.1) is 0 Å². The second-order valence-corrected chi connectivity index (χ2v) is 2.97. The molecule has 1 aromatic carbocycles. The highest BCUT2D eigenvalue weighted by Crippen LogP contribution is 2.08. The van der Waals surface area contributed by atoms with Crippen LogP contribution in [0.25, 0.3) is 0 Å². The molecule has 0 bridgehead atoms. The van der Waals surface area contributed by atoms with Crippen LogP contribution in [0.3, 0.4) is 0 Å². The van der Waals surface area contributed by atoms with E-state index in [-0.39, 0.29) is 0 Å². The fourth-order valence-corrected chi connectivity index (χ4v) is 0.888. The first-order valence-corrected chi connectivity index (χ1v) is 4.74. The number of halogens is 1. The monoisotopic (exact) mass is 214 g/mol. The van der Waals surface area contributed by atoms with Gasteiger partial charge in [-0.3, -0.25) is 4.79 Å². The lowest BCUT2D eigenvalue weighted by Crippen LogP contribution is -2.09. The third-order valence-electron chi connectivity index (χ3n) is 1.30. The average Bonchev–Trinajstić information content (AvgIpc) is 2.18. The molecule has 0 aliphatic rings. The summed E-state index contributed by atoms with van der Waals surface area (Å²) in [5.74, 6) is 0. The van der Waals surface area contributed by atoms with E-state index in [9.17, 15) is 4.79 Å². The van der Waals surface area contributed by atoms with Gasteiger partial charge in [0.25, 0.3) is 0 Å². The Morgan fingerprint density at radius 3 is 2.36 bits per heavy atom. The fraction of sp³-hybridized carbons (Fsp3) is 0.300. The number of nitrogens with one attached hydrogen (secondary N) is 1. The Balaban J connectivity index is 0.000000500. The highest BCUT2D eigenvalue weighted by Gasteiger charge is 1.89. The molecule has 3 N–H and O–H groups in total. The average molecular weight is 215 g/mol. The van der Waals surface area contributed by atoms with Crippen LogP contribution in [0.1, 0.15) is 12.5 Å². The molecule has 1 aromatic rings. The van der Waals surface area contributed by atoms with Gasteiger partial charge in [0.2, 0.25) is 6.41 Å². The van der Waals surface area contributed by atoms with Crippen LogP contribution < -0.4 is 11.1 Å². The predicted molar refractivity (Wildman–Crippen MR) is 59.1 cm³/mol. The van der Waals surface area contributed by atoms with Crippen LogP contribution in [0.2, 0.25) is 5.02 Å². The number of benzene rings is 1. The van der Waals surface area contributed by atoms with Gasteiger partial charge >= 0.3 is 0 Å². The zero-order valence-corrected chi connectivity index (χ0v) is 8.92. The highest BCUT2D eigenvalue weighted by molar-refractivity contribution is 6.30. The first-order valence-electron chi connectivity index (χ1n) is 4.36. The minimum absolute atomic E-state index is 0.556. The number of carbonyl (C=O) groups is 1. The Labute approximate surface area is 89.3 Å². The van der Waals surface area contributed by atoms with Crippen LogP contribution in [0.4, 0.5) is 0 Å². The van der Waals surface area contributed by atoms with Crippen molar-refractivity contribution < 1.29 is 4.79 Å². The van der Waals surface area contributed by atoms with Gasteiger partial charge in [-0.05, 0) is 24.2 Å². The molecule has 0 atom stereocenters. The lowest BCUT2D eigenvalue weighted by atomic mass is 10.2. The molecule has 1 amide bonds. The van der Waals surface area contributed by atoms with E-state index < -0.39 is 0 Å². The minimum Gasteiger partial charge on any atom is -0.355 e. The van der Waals surface area contributed by atoms with Crippen molar-refractivity contribution in [2.24, 2.45) is 5.73 Å². The van der Waals surface area contributed by atoms with E-state index in [1.165, 1.54) is 0 Å². The second-order valence-electron chi connectivity index (χ2n) is 2.53. The summed E-state index contributed by atoms with van der Waals surface area (Å²) in [7, 11) is 0. The van der Waals surface area contributed by atoms with E-state index in [0.717, 1.165) is 12.1 Å². The maximum Gasteiger partial charge on any atom is 0.207 e. The molecule has 0 fully saturated rings. The molecule has 0 saturated carbocycles. The van der Waals surface area contributed by atoms with Crippen molar-refractivity contribution in [3.8, 4) is 0 Å². The zero-order valence-electron chi connectivity index (χ0n) is 8.16. The van der Waals surface area contributed by atoms with Crippen LogP contribution >= 0.6 is 11.6 Å². The third-order valence-corrected chi connectivity index (χ3v) is 1.55. The predicted octanol–water partition coefficient (Wildman–Crippen LogP) is 1.55. The second kappa shape index (κ2) is 8.53. The van der Waals surface area contributed by atoms with Gasteiger partial charge in [-0.15, -0.1) is 0 Å². The number of hydrogen-bond acceptors (Lipinski definition) is 2. The molecular formula is C10H15ClN2O. The van der Waals surface area contributed by atoms with Gasteiger partial charge in [0.1, 0.15) is 0 Å². The molecule has 0 radical (unpaired) electrons. The Morgan fingerprint density at radius 2 is 1.93 bits per heavy atom. The molecule has 0 aliphatic heterocycles. The van der Waals surface area contributed by atoms with Crippen LogP contribution in [-0.4, -0.2) is 13.0 Å². The maximum absolute atomic E-state index is 9.91. The molecule has 0 spiro atoms. The fourth-order valence-electron chi connectivity index (χ4n) is 0.762. The van der Waals surface area contributed by atoms with Crippen molar-refractivity contribution >= 4 is 18.0 Å². The summed E-state index contributed by atoms with van der Waals surface area (Å²) in [4.78, 5) is 9.91. The molecule has 78 valence electrons. The Kier molecular flexibility index (Phi) is 7.89. The number of hydrogen-bond donors (Lipinski definition) is 2. The quantitative estimate of drug-likeness (QED) is 0.751. The van der Waals surface area contributed by atoms with E-state index in [4.69, 9.17) is 17.3 Å². The summed E-state index contributed by atoms with van der Waals surface area (Å²) < 4.78 is 0. The summed E-state index contributed by atoms with van der Waals surface area (Å²) in [6.07, 6.45) is 0.675. The van der Waals surface area contributed by atoms with Crippen molar-refractivity contribution in [3.05, 3.63) is 34.9 Å². The Bertz CT molecular complexity index is 249. The molecule has 0 unspecified atom stereocenters. The third kappa shape index (κ3) is 6.46. The van der Waals surface area contributed by atoms with Gasteiger partial charge in [0.15, 0.2) is 0 Å². The lowest BCUT2D eigenvalue weighted by Gasteiger charge is -1.98. The van der Waals surface area contributed by atoms with E-state index in [1.54, 1.807) is 12.1 Å². The van der Waals surface area contributed by atoms with Gasteiger partial charge in [-0.1, -0.05) is 30.7 Å². The Hall–Kier alpha value is -1.06. The summed E-state index contributed by atoms with van der Waals surface area (Å²) in [5, 5.41) is 3.27. The van der Waals surface area contributed by atoms with Crippen LogP contribution in [0.5, 0.6) is 0 Å². The van der Waals surface area contributed by atoms with Crippen LogP contribution in [-0.2, 0) is 11.3 Å². The number of rotatable bonds is 3. The normalized spacial score (nSPS) is 8.50. The van der Waals surface area contributed by atoms with Crippen molar-refractivity contribution in [1.29, 1.82) is 0 Å². The van der Waals surface area contributed by atoms with Crippen LogP contribution in [0.15, 0.2) is 24.3 Å². The highest BCUT2D eigenvalue weighted by atomic mass is 35.5. The molecule has 1 rings (SSSR count). The van der Waals surface area contributed by atoms with E-state index in [2.05, 4.69) is 5.32 Å². The standard InChI is InChI=1S/C8H8ClNO.C2H7N/c9-8-3-1-7(2-4-8)5-10-6-11;1-2-3/h1-4,6H,5H2,(H,10,11);2-3H2,1H3. The van der Waals surface area contributed by atoms with Crippen molar-refractivity contribution in [2.45, 2.75) is 13.5 Å². The summed E-state index contributed by atoms with van der Waals surface area (Å²) in [6.45, 7) is 3.21. The van der Waals surface area contributed by atoms with Gasteiger partial charge in [-0.25, -0.2) is 0 Å². The topological polar surface area (TPSA) is 55.1 Å². The smallest absolute Gasteiger partial charge is 0.207 e. The van der Waals surface area contributed by atoms with E-state index in [0.29, 0.717) is 18.0 Å². The summed E-state index contributed by atoms with van der Waals surface area (Å²) >= 11 is 5.66. The molecule has 0 aromatic heterocycles. The number of amides is 1. The molecule has 14 heavy (non-hydrogen) atoms. The number of nitrogens with two attached hydrogens (primary N) is 1. The molecule has 0 saturated heterocycles. The summed E-state index contributed by atoms with van der Waals surface area (Å²) in [5.41, 5.74) is 5.89. The molecule has 4 heteroatoms. The van der Waals surface area contributed by atoms with Crippen LogP contribution in [0, 0.1) is 0 Å². The lowest BCUT2D eigenvalue weighted by molar-refractivity contribution is -0.109. The summed E-state index contributed by atoms with van der Waals surface area (Å²) in [6, 6.07) is 7.34. The first kappa shape index (κ1) is 12.9. The van der Waals surface area contributed by atoms with Gasteiger partial charge < -0.3 is 11.1 Å². The van der Waals surface area contributed by atoms with Gasteiger partial charge in [-0.2, -0.15) is 0 Å². The molecule has 0 aliphatic carbocycles. The Morgan fingerprint density at radius 1 is 1.43 bits per heavy atom. The van der Waals surface area contributed by atoms with E-state index >= 15 is 0 Å². The number of carbonyl (C=O) groups excluding carboxylic acids is 1. The molecular weight excluding hydrogens is 200 g/mol. The molecule has 3 nitrogen and oxygen atoms in total. The zero-order chi connectivity index (χ0) is 10.8. The molecule has 0 heterocycles. The first-order chi connectivity index (χ1) is 6.74. The SMILES string of the molecule is CCN.O=CNCc1ccc(Cl)cc1. The van der Waals surface area contributed by atoms with Gasteiger partial charge in [0, 0.05) is 11.6 Å². The minimum atomic E-state index is 0.556. The van der Waals surface area contributed by atoms with Crippen molar-refractivity contribution in [1.82, 2.24) is 5.32 Å². The largest absolute Gasteiger partial charge is 0.355 e. The van der Waals surface area contributed by atoms with E-state index in [1.807, 2.05) is 19.1 Å². The van der Waals surface area contributed by atoms with Crippen molar-refractivity contribution in [2.75, 3.05) is 6.54 Å². The van der Waals surface area contributed by atoms with Crippen molar-refractivity contribution in [3.63, 3.8) is 0 Å².